The van der Waals surface area contributed by atoms with E-state index >= 15 is 0 Å². The molecule has 0 saturated heterocycles. The molecule has 2 heterocycles. The Kier molecular flexibility index (Phi) is 4.79. The SMILES string of the molecule is CCNc1ccc(S(=O)(=O)Nc2cc(C)c(Br)cn2)cn1. The highest BCUT2D eigenvalue weighted by Crippen LogP contribution is 2.20. The minimum Gasteiger partial charge on any atom is -0.370 e. The van der Waals surface area contributed by atoms with Crippen LogP contribution in [0.4, 0.5) is 11.6 Å². The van der Waals surface area contributed by atoms with Gasteiger partial charge in [0.05, 0.1) is 0 Å². The number of sulfonamides is 1. The smallest absolute Gasteiger partial charge is 0.264 e. The van der Waals surface area contributed by atoms with E-state index < -0.39 is 10.0 Å². The number of aryl methyl sites for hydroxylation is 1. The molecule has 21 heavy (non-hydrogen) atoms. The third-order valence-corrected chi connectivity index (χ3v) is 4.86. The van der Waals surface area contributed by atoms with E-state index in [4.69, 9.17) is 0 Å². The Morgan fingerprint density at radius 3 is 2.48 bits per heavy atom. The second-order valence-electron chi connectivity index (χ2n) is 4.33. The van der Waals surface area contributed by atoms with Crippen molar-refractivity contribution in [3.8, 4) is 0 Å². The summed E-state index contributed by atoms with van der Waals surface area (Å²) in [6.07, 6.45) is 2.87. The van der Waals surface area contributed by atoms with Crippen LogP contribution in [0, 0.1) is 6.92 Å². The second-order valence-corrected chi connectivity index (χ2v) is 6.87. The molecule has 0 unspecified atom stereocenters. The highest BCUT2D eigenvalue weighted by atomic mass is 79.9. The third-order valence-electron chi connectivity index (χ3n) is 2.69. The van der Waals surface area contributed by atoms with E-state index in [2.05, 4.69) is 35.9 Å². The second kappa shape index (κ2) is 6.40. The van der Waals surface area contributed by atoms with Gasteiger partial charge in [0, 0.05) is 23.4 Å². The fraction of sp³-hybridized carbons (Fsp3) is 0.231. The zero-order chi connectivity index (χ0) is 15.5. The first-order valence-electron chi connectivity index (χ1n) is 6.27. The Morgan fingerprint density at radius 1 is 1.19 bits per heavy atom. The summed E-state index contributed by atoms with van der Waals surface area (Å²) in [5, 5.41) is 3.01. The Hall–Kier alpha value is -1.67. The molecule has 0 spiro atoms. The predicted octanol–water partition coefficient (Wildman–Crippen LogP) is 2.78. The van der Waals surface area contributed by atoms with Gasteiger partial charge in [-0.3, -0.25) is 4.72 Å². The van der Waals surface area contributed by atoms with Gasteiger partial charge in [0.1, 0.15) is 16.5 Å². The van der Waals surface area contributed by atoms with Crippen molar-refractivity contribution in [2.45, 2.75) is 18.7 Å². The van der Waals surface area contributed by atoms with Crippen molar-refractivity contribution in [1.82, 2.24) is 9.97 Å². The van der Waals surface area contributed by atoms with Gasteiger partial charge < -0.3 is 5.32 Å². The highest BCUT2D eigenvalue weighted by Gasteiger charge is 2.15. The number of anilines is 2. The maximum atomic E-state index is 12.2. The molecule has 0 aliphatic rings. The van der Waals surface area contributed by atoms with Crippen LogP contribution in [-0.2, 0) is 10.0 Å². The van der Waals surface area contributed by atoms with Crippen molar-refractivity contribution in [2.75, 3.05) is 16.6 Å². The lowest BCUT2D eigenvalue weighted by Gasteiger charge is -2.09. The van der Waals surface area contributed by atoms with Crippen molar-refractivity contribution in [1.29, 1.82) is 0 Å². The van der Waals surface area contributed by atoms with Crippen LogP contribution in [0.3, 0.4) is 0 Å². The monoisotopic (exact) mass is 370 g/mol. The Labute approximate surface area is 132 Å². The summed E-state index contributed by atoms with van der Waals surface area (Å²) in [6, 6.07) is 4.78. The average molecular weight is 371 g/mol. The van der Waals surface area contributed by atoms with Crippen LogP contribution < -0.4 is 10.0 Å². The van der Waals surface area contributed by atoms with Gasteiger partial charge >= 0.3 is 0 Å². The van der Waals surface area contributed by atoms with Crippen molar-refractivity contribution < 1.29 is 8.42 Å². The molecule has 0 aliphatic carbocycles. The number of nitrogens with one attached hydrogen (secondary N) is 2. The van der Waals surface area contributed by atoms with Crippen LogP contribution in [0.25, 0.3) is 0 Å². The van der Waals surface area contributed by atoms with Crippen LogP contribution in [0.5, 0.6) is 0 Å². The molecule has 0 atom stereocenters. The number of hydrogen-bond donors (Lipinski definition) is 2. The Morgan fingerprint density at radius 2 is 1.90 bits per heavy atom. The van der Waals surface area contributed by atoms with Crippen LogP contribution >= 0.6 is 15.9 Å². The van der Waals surface area contributed by atoms with Gasteiger partial charge in [-0.2, -0.15) is 0 Å². The fourth-order valence-electron chi connectivity index (χ4n) is 1.62. The summed E-state index contributed by atoms with van der Waals surface area (Å²) in [4.78, 5) is 8.17. The normalized spacial score (nSPS) is 11.2. The van der Waals surface area contributed by atoms with E-state index in [9.17, 15) is 8.42 Å². The highest BCUT2D eigenvalue weighted by molar-refractivity contribution is 9.10. The van der Waals surface area contributed by atoms with Gasteiger partial charge in [0.25, 0.3) is 10.0 Å². The van der Waals surface area contributed by atoms with Gasteiger partial charge in [0.2, 0.25) is 0 Å². The topological polar surface area (TPSA) is 84.0 Å². The maximum Gasteiger partial charge on any atom is 0.264 e. The summed E-state index contributed by atoms with van der Waals surface area (Å²) < 4.78 is 27.7. The van der Waals surface area contributed by atoms with Crippen LogP contribution in [0.2, 0.25) is 0 Å². The third kappa shape index (κ3) is 3.92. The Bertz CT molecular complexity index is 732. The molecule has 2 aromatic rings. The van der Waals surface area contributed by atoms with Gasteiger partial charge in [-0.25, -0.2) is 18.4 Å². The summed E-state index contributed by atoms with van der Waals surface area (Å²) in [7, 11) is -3.69. The first kappa shape index (κ1) is 15.7. The zero-order valence-corrected chi connectivity index (χ0v) is 14.0. The average Bonchev–Trinajstić information content (AvgIpc) is 2.44. The number of halogens is 1. The molecule has 2 rings (SSSR count). The summed E-state index contributed by atoms with van der Waals surface area (Å²) in [5.41, 5.74) is 0.892. The number of rotatable bonds is 5. The molecule has 2 N–H and O–H groups in total. The van der Waals surface area contributed by atoms with E-state index in [1.807, 2.05) is 13.8 Å². The quantitative estimate of drug-likeness (QED) is 0.845. The molecule has 0 fully saturated rings. The van der Waals surface area contributed by atoms with E-state index in [0.717, 1.165) is 16.6 Å². The minimum atomic E-state index is -3.69. The standard InChI is InChI=1S/C13H15BrN4O2S/c1-3-15-12-5-4-10(7-16-12)21(19,20)18-13-6-9(2)11(14)8-17-13/h4-8H,3H2,1-2H3,(H,15,16)(H,17,18). The lowest BCUT2D eigenvalue weighted by molar-refractivity contribution is 0.600. The molecule has 0 aromatic carbocycles. The lowest BCUT2D eigenvalue weighted by atomic mass is 10.3. The van der Waals surface area contributed by atoms with Crippen LogP contribution in [0.15, 0.2) is 40.0 Å². The van der Waals surface area contributed by atoms with E-state index in [1.165, 1.54) is 12.3 Å². The zero-order valence-electron chi connectivity index (χ0n) is 11.6. The molecular formula is C13H15BrN4O2S. The van der Waals surface area contributed by atoms with Crippen molar-refractivity contribution in [3.05, 3.63) is 40.6 Å². The molecule has 0 bridgehead atoms. The molecule has 0 aliphatic heterocycles. The largest absolute Gasteiger partial charge is 0.370 e. The number of nitrogens with zero attached hydrogens (tertiary/aromatic N) is 2. The number of aromatic nitrogens is 2. The molecular weight excluding hydrogens is 356 g/mol. The molecule has 112 valence electrons. The van der Waals surface area contributed by atoms with Gasteiger partial charge in [-0.1, -0.05) is 0 Å². The van der Waals surface area contributed by atoms with E-state index in [-0.39, 0.29) is 10.7 Å². The van der Waals surface area contributed by atoms with Crippen molar-refractivity contribution >= 4 is 37.6 Å². The number of pyridine rings is 2. The molecule has 0 radical (unpaired) electrons. The predicted molar refractivity (Wildman–Crippen MR) is 85.9 cm³/mol. The van der Waals surface area contributed by atoms with E-state index in [0.29, 0.717) is 5.82 Å². The summed E-state index contributed by atoms with van der Waals surface area (Å²) in [6.45, 7) is 4.52. The van der Waals surface area contributed by atoms with Crippen molar-refractivity contribution in [2.24, 2.45) is 0 Å². The maximum absolute atomic E-state index is 12.2. The first-order chi connectivity index (χ1) is 9.92. The van der Waals surface area contributed by atoms with Crippen molar-refractivity contribution in [3.63, 3.8) is 0 Å². The molecule has 0 amide bonds. The van der Waals surface area contributed by atoms with Crippen LogP contribution in [0.1, 0.15) is 12.5 Å². The number of hydrogen-bond acceptors (Lipinski definition) is 5. The lowest BCUT2D eigenvalue weighted by Crippen LogP contribution is -2.14. The summed E-state index contributed by atoms with van der Waals surface area (Å²) in [5.74, 6) is 0.903. The van der Waals surface area contributed by atoms with E-state index in [1.54, 1.807) is 18.3 Å². The molecule has 2 aromatic heterocycles. The van der Waals surface area contributed by atoms with Gasteiger partial charge in [-0.15, -0.1) is 0 Å². The fourth-order valence-corrected chi connectivity index (χ4v) is 2.78. The molecule has 0 saturated carbocycles. The van der Waals surface area contributed by atoms with Gasteiger partial charge in [-0.05, 0) is 53.5 Å². The minimum absolute atomic E-state index is 0.0894. The summed E-state index contributed by atoms with van der Waals surface area (Å²) >= 11 is 3.32. The molecule has 6 nitrogen and oxygen atoms in total. The van der Waals surface area contributed by atoms with Gasteiger partial charge in [0.15, 0.2) is 0 Å². The molecule has 8 heteroatoms. The Balaban J connectivity index is 2.23. The first-order valence-corrected chi connectivity index (χ1v) is 8.55. The van der Waals surface area contributed by atoms with Crippen LogP contribution in [-0.4, -0.2) is 24.9 Å².